The van der Waals surface area contributed by atoms with Crippen molar-refractivity contribution in [3.8, 4) is 11.5 Å². The number of nitrogens with zero attached hydrogens (tertiary/aromatic N) is 2. The Labute approximate surface area is 142 Å². The van der Waals surface area contributed by atoms with Crippen LogP contribution < -0.4 is 14.8 Å². The van der Waals surface area contributed by atoms with Crippen molar-refractivity contribution in [1.29, 1.82) is 0 Å². The Balaban J connectivity index is 1.87. The topological polar surface area (TPSA) is 89.6 Å². The maximum Gasteiger partial charge on any atom is 0.264 e. The number of aryl methyl sites for hydroxylation is 1. The normalized spacial score (nSPS) is 12.4. The molecular weight excluding hydrogens is 310 g/mol. The van der Waals surface area contributed by atoms with Crippen LogP contribution in [0.3, 0.4) is 0 Å². The molecule has 0 amide bonds. The zero-order valence-electron chi connectivity index (χ0n) is 14.4. The lowest BCUT2D eigenvalue weighted by Gasteiger charge is -2.16. The first kappa shape index (κ1) is 18.2. The molecule has 0 bridgehead atoms. The fourth-order valence-electron chi connectivity index (χ4n) is 1.94. The van der Waals surface area contributed by atoms with Crippen LogP contribution in [0.4, 0.5) is 0 Å². The maximum atomic E-state index is 9.93. The molecule has 1 heterocycles. The number of aromatic nitrogens is 2. The molecule has 0 aliphatic heterocycles. The number of hydrogen-bond acceptors (Lipinski definition) is 7. The first-order chi connectivity index (χ1) is 11.6. The molecule has 0 aliphatic rings. The van der Waals surface area contributed by atoms with Crippen LogP contribution in [0.15, 0.2) is 28.8 Å². The molecule has 1 unspecified atom stereocenters. The third-order valence-corrected chi connectivity index (χ3v) is 3.22. The van der Waals surface area contributed by atoms with Gasteiger partial charge in [-0.3, -0.25) is 0 Å². The lowest BCUT2D eigenvalue weighted by atomic mass is 10.3. The van der Waals surface area contributed by atoms with Crippen LogP contribution in [0.5, 0.6) is 11.5 Å². The SMILES string of the molecule is CCc1noc(COc2ccccc2OCC(O)CNC(C)C)n1. The highest BCUT2D eigenvalue weighted by molar-refractivity contribution is 5.39. The highest BCUT2D eigenvalue weighted by Gasteiger charge is 2.11. The quantitative estimate of drug-likeness (QED) is 0.686. The number of para-hydroxylation sites is 2. The molecule has 0 fully saturated rings. The molecule has 0 saturated heterocycles. The van der Waals surface area contributed by atoms with Crippen LogP contribution in [0.25, 0.3) is 0 Å². The highest BCUT2D eigenvalue weighted by atomic mass is 16.5. The second-order valence-electron chi connectivity index (χ2n) is 5.72. The summed E-state index contributed by atoms with van der Waals surface area (Å²) in [6.45, 7) is 6.84. The van der Waals surface area contributed by atoms with Crippen molar-refractivity contribution in [2.75, 3.05) is 13.2 Å². The molecule has 0 aliphatic carbocycles. The van der Waals surface area contributed by atoms with Gasteiger partial charge in [0.2, 0.25) is 0 Å². The second kappa shape index (κ2) is 9.24. The third kappa shape index (κ3) is 5.82. The van der Waals surface area contributed by atoms with Crippen LogP contribution in [0.1, 0.15) is 32.5 Å². The number of rotatable bonds is 10. The first-order valence-corrected chi connectivity index (χ1v) is 8.16. The Kier molecular flexibility index (Phi) is 7.02. The number of ether oxygens (including phenoxy) is 2. The minimum atomic E-state index is -0.594. The van der Waals surface area contributed by atoms with Gasteiger partial charge in [-0.05, 0) is 12.1 Å². The fourth-order valence-corrected chi connectivity index (χ4v) is 1.94. The Bertz CT molecular complexity index is 615. The summed E-state index contributed by atoms with van der Waals surface area (Å²) in [5, 5.41) is 16.9. The standard InChI is InChI=1S/C17H25N3O4/c1-4-16-19-17(24-20-16)11-23-15-8-6-5-7-14(15)22-10-13(21)9-18-12(2)3/h5-8,12-13,18,21H,4,9-11H2,1-3H3. The Morgan fingerprint density at radius 3 is 2.54 bits per heavy atom. The van der Waals surface area contributed by atoms with Crippen molar-refractivity contribution in [2.45, 2.75) is 45.9 Å². The maximum absolute atomic E-state index is 9.93. The van der Waals surface area contributed by atoms with Crippen molar-refractivity contribution in [2.24, 2.45) is 0 Å². The molecular formula is C17H25N3O4. The van der Waals surface area contributed by atoms with Gasteiger partial charge < -0.3 is 24.4 Å². The van der Waals surface area contributed by atoms with E-state index < -0.39 is 6.10 Å². The molecule has 0 radical (unpaired) electrons. The van der Waals surface area contributed by atoms with Gasteiger partial charge in [0.1, 0.15) is 12.7 Å². The number of nitrogens with one attached hydrogen (secondary N) is 1. The van der Waals surface area contributed by atoms with Crippen LogP contribution in [0.2, 0.25) is 0 Å². The van der Waals surface area contributed by atoms with Crippen molar-refractivity contribution < 1.29 is 19.1 Å². The molecule has 2 aromatic rings. The van der Waals surface area contributed by atoms with E-state index >= 15 is 0 Å². The number of aliphatic hydroxyl groups is 1. The van der Waals surface area contributed by atoms with Gasteiger partial charge in [-0.15, -0.1) is 0 Å². The predicted molar refractivity (Wildman–Crippen MR) is 89.1 cm³/mol. The van der Waals surface area contributed by atoms with E-state index in [-0.39, 0.29) is 13.2 Å². The largest absolute Gasteiger partial charge is 0.487 e. The van der Waals surface area contributed by atoms with E-state index in [0.29, 0.717) is 42.2 Å². The van der Waals surface area contributed by atoms with Crippen molar-refractivity contribution in [3.63, 3.8) is 0 Å². The molecule has 1 aromatic carbocycles. The van der Waals surface area contributed by atoms with E-state index in [4.69, 9.17) is 14.0 Å². The fraction of sp³-hybridized carbons (Fsp3) is 0.529. The summed E-state index contributed by atoms with van der Waals surface area (Å²) in [6, 6.07) is 7.61. The van der Waals surface area contributed by atoms with Crippen molar-refractivity contribution in [3.05, 3.63) is 36.0 Å². The van der Waals surface area contributed by atoms with Gasteiger partial charge >= 0.3 is 0 Å². The molecule has 0 saturated carbocycles. The second-order valence-corrected chi connectivity index (χ2v) is 5.72. The molecule has 7 heteroatoms. The van der Waals surface area contributed by atoms with Gasteiger partial charge in [-0.1, -0.05) is 38.1 Å². The van der Waals surface area contributed by atoms with Crippen LogP contribution in [-0.4, -0.2) is 40.5 Å². The third-order valence-electron chi connectivity index (χ3n) is 3.22. The van der Waals surface area contributed by atoms with Gasteiger partial charge in [0.15, 0.2) is 23.9 Å². The molecule has 24 heavy (non-hydrogen) atoms. The van der Waals surface area contributed by atoms with E-state index in [1.807, 2.05) is 32.9 Å². The summed E-state index contributed by atoms with van der Waals surface area (Å²) in [5.74, 6) is 2.20. The minimum absolute atomic E-state index is 0.171. The van der Waals surface area contributed by atoms with E-state index in [1.165, 1.54) is 0 Å². The average molecular weight is 335 g/mol. The van der Waals surface area contributed by atoms with E-state index in [2.05, 4.69) is 15.5 Å². The molecule has 132 valence electrons. The van der Waals surface area contributed by atoms with Gasteiger partial charge in [-0.25, -0.2) is 0 Å². The van der Waals surface area contributed by atoms with Gasteiger partial charge in [-0.2, -0.15) is 4.98 Å². The van der Waals surface area contributed by atoms with Gasteiger partial charge in [0.05, 0.1) is 0 Å². The molecule has 2 N–H and O–H groups in total. The molecule has 1 atom stereocenters. The molecule has 1 aromatic heterocycles. The number of benzene rings is 1. The predicted octanol–water partition coefficient (Wildman–Crippen LogP) is 1.95. The summed E-state index contributed by atoms with van der Waals surface area (Å²) in [4.78, 5) is 4.20. The minimum Gasteiger partial charge on any atom is -0.487 e. The summed E-state index contributed by atoms with van der Waals surface area (Å²) in [5.41, 5.74) is 0. The van der Waals surface area contributed by atoms with E-state index in [0.717, 1.165) is 0 Å². The molecule has 7 nitrogen and oxygen atoms in total. The van der Waals surface area contributed by atoms with E-state index in [9.17, 15) is 5.11 Å². The Morgan fingerprint density at radius 1 is 1.21 bits per heavy atom. The first-order valence-electron chi connectivity index (χ1n) is 8.16. The highest BCUT2D eigenvalue weighted by Crippen LogP contribution is 2.27. The smallest absolute Gasteiger partial charge is 0.264 e. The zero-order valence-corrected chi connectivity index (χ0v) is 14.4. The Morgan fingerprint density at radius 2 is 1.92 bits per heavy atom. The molecule has 2 rings (SSSR count). The van der Waals surface area contributed by atoms with Crippen molar-refractivity contribution in [1.82, 2.24) is 15.5 Å². The Hall–Kier alpha value is -2.12. The summed E-state index contributed by atoms with van der Waals surface area (Å²) >= 11 is 0. The lowest BCUT2D eigenvalue weighted by molar-refractivity contribution is 0.101. The molecule has 0 spiro atoms. The van der Waals surface area contributed by atoms with Crippen LogP contribution >= 0.6 is 0 Å². The van der Waals surface area contributed by atoms with Gasteiger partial charge in [0, 0.05) is 19.0 Å². The average Bonchev–Trinajstić information content (AvgIpc) is 3.05. The number of hydrogen-bond donors (Lipinski definition) is 2. The summed E-state index contributed by atoms with van der Waals surface area (Å²) in [7, 11) is 0. The zero-order chi connectivity index (χ0) is 17.4. The van der Waals surface area contributed by atoms with Crippen LogP contribution in [-0.2, 0) is 13.0 Å². The van der Waals surface area contributed by atoms with Crippen molar-refractivity contribution >= 4 is 0 Å². The summed E-state index contributed by atoms with van der Waals surface area (Å²) < 4.78 is 16.5. The van der Waals surface area contributed by atoms with E-state index in [1.54, 1.807) is 12.1 Å². The number of aliphatic hydroxyl groups excluding tert-OH is 1. The lowest BCUT2D eigenvalue weighted by Crippen LogP contribution is -2.35. The van der Waals surface area contributed by atoms with Gasteiger partial charge in [0.25, 0.3) is 5.89 Å². The monoisotopic (exact) mass is 335 g/mol. The van der Waals surface area contributed by atoms with Crippen LogP contribution in [0, 0.1) is 0 Å². The summed E-state index contributed by atoms with van der Waals surface area (Å²) in [6.07, 6.45) is 0.120.